The Kier molecular flexibility index (Phi) is 9.01. The highest BCUT2D eigenvalue weighted by molar-refractivity contribution is 6.32. The predicted molar refractivity (Wildman–Crippen MR) is 136 cm³/mol. The van der Waals surface area contributed by atoms with Crippen LogP contribution in [0.15, 0.2) is 59.7 Å². The Labute approximate surface area is 204 Å². The number of nitrogens with two attached hydrogens (primary N) is 1. The topological polar surface area (TPSA) is 108 Å². The molecule has 0 heterocycles. The van der Waals surface area contributed by atoms with E-state index in [0.29, 0.717) is 26.1 Å². The van der Waals surface area contributed by atoms with E-state index in [0.717, 1.165) is 34.7 Å². The van der Waals surface area contributed by atoms with Crippen LogP contribution in [0.5, 0.6) is 5.75 Å². The molecule has 0 atom stereocenters. The van der Waals surface area contributed by atoms with Crippen molar-refractivity contribution in [3.63, 3.8) is 0 Å². The lowest BCUT2D eigenvalue weighted by Gasteiger charge is -2.22. The third kappa shape index (κ3) is 6.34. The van der Waals surface area contributed by atoms with Gasteiger partial charge in [0.1, 0.15) is 5.75 Å². The van der Waals surface area contributed by atoms with Gasteiger partial charge in [-0.2, -0.15) is 5.10 Å². The number of phenolic OH excluding ortho intramolecular Hbond substituents is 1. The summed E-state index contributed by atoms with van der Waals surface area (Å²) in [5, 5.41) is 15.6. The maximum Gasteiger partial charge on any atom is 0.271 e. The number of hydrogen-bond donors (Lipinski definition) is 3. The van der Waals surface area contributed by atoms with E-state index in [1.807, 2.05) is 41.3 Å². The second-order valence-electron chi connectivity index (χ2n) is 7.92. The largest absolute Gasteiger partial charge is 0.506 e. The number of hydrazone groups is 1. The van der Waals surface area contributed by atoms with Gasteiger partial charge in [0.2, 0.25) is 5.91 Å². The van der Waals surface area contributed by atoms with Crippen LogP contribution in [0.25, 0.3) is 10.8 Å². The summed E-state index contributed by atoms with van der Waals surface area (Å²) >= 11 is 5.86. The first kappa shape index (κ1) is 25.2. The first-order valence-corrected chi connectivity index (χ1v) is 11.6. The minimum absolute atomic E-state index is 0.0605. The summed E-state index contributed by atoms with van der Waals surface area (Å²) in [5.74, 6) is -0.481. The fraction of sp³-hybridized carbons (Fsp3) is 0.269. The summed E-state index contributed by atoms with van der Waals surface area (Å²) in [6.07, 6.45) is 3.82. The number of carbonyl (C=O) groups is 2. The Bertz CT molecular complexity index is 1200. The molecule has 0 radical (unpaired) electrons. The van der Waals surface area contributed by atoms with Crippen molar-refractivity contribution in [3.05, 3.63) is 76.3 Å². The summed E-state index contributed by atoms with van der Waals surface area (Å²) in [6.45, 7) is 3.80. The number of nitrogens with one attached hydrogen (secondary N) is 1. The fourth-order valence-electron chi connectivity index (χ4n) is 3.67. The molecule has 3 rings (SSSR count). The molecule has 0 aromatic heterocycles. The minimum Gasteiger partial charge on any atom is -0.506 e. The molecule has 178 valence electrons. The van der Waals surface area contributed by atoms with Crippen molar-refractivity contribution in [3.8, 4) is 5.75 Å². The monoisotopic (exact) mass is 480 g/mol. The smallest absolute Gasteiger partial charge is 0.271 e. The number of unbranched alkanes of at least 4 members (excludes halogenated alkanes) is 1. The van der Waals surface area contributed by atoms with Crippen LogP contribution >= 0.6 is 11.6 Å². The van der Waals surface area contributed by atoms with Gasteiger partial charge in [-0.1, -0.05) is 61.3 Å². The van der Waals surface area contributed by atoms with Crippen LogP contribution in [0.1, 0.15) is 41.3 Å². The third-order valence-corrected chi connectivity index (χ3v) is 5.81. The second kappa shape index (κ2) is 12.2. The molecule has 3 aromatic rings. The van der Waals surface area contributed by atoms with E-state index < -0.39 is 5.91 Å². The number of fused-ring (bicyclic) bond motifs is 1. The van der Waals surface area contributed by atoms with Crippen molar-refractivity contribution in [2.75, 3.05) is 19.6 Å². The van der Waals surface area contributed by atoms with Gasteiger partial charge in [0.25, 0.3) is 5.91 Å². The quantitative estimate of drug-likeness (QED) is 0.300. The van der Waals surface area contributed by atoms with Crippen LogP contribution in [-0.2, 0) is 11.2 Å². The van der Waals surface area contributed by atoms with E-state index in [-0.39, 0.29) is 22.2 Å². The molecule has 8 heteroatoms. The van der Waals surface area contributed by atoms with Crippen molar-refractivity contribution >= 4 is 40.4 Å². The average molecular weight is 481 g/mol. The fourth-order valence-corrected chi connectivity index (χ4v) is 3.85. The van der Waals surface area contributed by atoms with E-state index in [1.165, 1.54) is 18.2 Å². The van der Waals surface area contributed by atoms with Crippen LogP contribution in [0, 0.1) is 0 Å². The highest BCUT2D eigenvalue weighted by Crippen LogP contribution is 2.24. The molecule has 0 bridgehead atoms. The summed E-state index contributed by atoms with van der Waals surface area (Å²) in [6, 6.07) is 15.8. The van der Waals surface area contributed by atoms with Gasteiger partial charge < -0.3 is 15.7 Å². The molecule has 4 N–H and O–H groups in total. The van der Waals surface area contributed by atoms with Crippen LogP contribution < -0.4 is 11.2 Å². The normalized spacial score (nSPS) is 11.1. The maximum atomic E-state index is 12.9. The van der Waals surface area contributed by atoms with E-state index in [1.54, 1.807) is 6.21 Å². The number of phenols is 1. The van der Waals surface area contributed by atoms with Crippen molar-refractivity contribution < 1.29 is 14.7 Å². The van der Waals surface area contributed by atoms with Gasteiger partial charge in [0, 0.05) is 30.8 Å². The van der Waals surface area contributed by atoms with E-state index in [9.17, 15) is 14.7 Å². The predicted octanol–water partition coefficient (Wildman–Crippen LogP) is 4.09. The highest BCUT2D eigenvalue weighted by Gasteiger charge is 2.15. The molecule has 2 amide bonds. The number of rotatable bonds is 10. The zero-order valence-electron chi connectivity index (χ0n) is 19.1. The van der Waals surface area contributed by atoms with Gasteiger partial charge in [-0.05, 0) is 41.0 Å². The van der Waals surface area contributed by atoms with Crippen molar-refractivity contribution in [1.82, 2.24) is 10.3 Å². The van der Waals surface area contributed by atoms with E-state index >= 15 is 0 Å². The van der Waals surface area contributed by atoms with Gasteiger partial charge >= 0.3 is 0 Å². The first-order valence-electron chi connectivity index (χ1n) is 11.2. The number of amides is 2. The molecular formula is C26H29ClN4O3. The second-order valence-corrected chi connectivity index (χ2v) is 8.33. The maximum absolute atomic E-state index is 12.9. The number of halogens is 1. The van der Waals surface area contributed by atoms with Crippen molar-refractivity contribution in [1.29, 1.82) is 0 Å². The molecule has 0 aliphatic heterocycles. The Morgan fingerprint density at radius 2 is 1.88 bits per heavy atom. The molecule has 7 nitrogen and oxygen atoms in total. The lowest BCUT2D eigenvalue weighted by molar-refractivity contribution is -0.130. The van der Waals surface area contributed by atoms with Crippen LogP contribution in [-0.4, -0.2) is 47.7 Å². The standard InChI is InChI=1S/C26H29ClN4O3/c1-2-3-13-31(14-12-28)25(33)16-18-8-9-20(22-7-5-4-6-21(18)22)17-29-30-26(34)19-10-11-24(32)23(27)15-19/h4-11,15,17,32H,2-3,12-14,16,28H2,1H3,(H,30,34)/b29-17+. The summed E-state index contributed by atoms with van der Waals surface area (Å²) in [7, 11) is 0. The summed E-state index contributed by atoms with van der Waals surface area (Å²) < 4.78 is 0. The average Bonchev–Trinajstić information content (AvgIpc) is 2.84. The van der Waals surface area contributed by atoms with Crippen LogP contribution in [0.4, 0.5) is 0 Å². The van der Waals surface area contributed by atoms with Gasteiger partial charge in [-0.3, -0.25) is 9.59 Å². The zero-order chi connectivity index (χ0) is 24.5. The Morgan fingerprint density at radius 1 is 1.12 bits per heavy atom. The van der Waals surface area contributed by atoms with Crippen LogP contribution in [0.2, 0.25) is 5.02 Å². The lowest BCUT2D eigenvalue weighted by Crippen LogP contribution is -2.37. The zero-order valence-corrected chi connectivity index (χ0v) is 19.9. The van der Waals surface area contributed by atoms with E-state index in [4.69, 9.17) is 17.3 Å². The molecule has 0 aliphatic rings. The molecule has 0 saturated heterocycles. The van der Waals surface area contributed by atoms with Gasteiger partial charge in [-0.25, -0.2) is 5.43 Å². The van der Waals surface area contributed by atoms with Gasteiger partial charge in [0.15, 0.2) is 0 Å². The molecule has 0 saturated carbocycles. The Morgan fingerprint density at radius 3 is 2.59 bits per heavy atom. The Balaban J connectivity index is 1.78. The molecule has 34 heavy (non-hydrogen) atoms. The molecule has 0 spiro atoms. The minimum atomic E-state index is -0.447. The first-order chi connectivity index (χ1) is 16.4. The Hall–Kier alpha value is -3.42. The molecule has 0 aliphatic carbocycles. The molecule has 0 unspecified atom stereocenters. The number of carbonyl (C=O) groups excluding carboxylic acids is 2. The molecular weight excluding hydrogens is 452 g/mol. The number of hydrogen-bond acceptors (Lipinski definition) is 5. The van der Waals surface area contributed by atoms with Crippen molar-refractivity contribution in [2.24, 2.45) is 10.8 Å². The summed E-state index contributed by atoms with van der Waals surface area (Å²) in [4.78, 5) is 27.1. The third-order valence-electron chi connectivity index (χ3n) is 5.50. The number of nitrogens with zero attached hydrogens (tertiary/aromatic N) is 2. The molecule has 0 fully saturated rings. The van der Waals surface area contributed by atoms with Gasteiger partial charge in [0.05, 0.1) is 17.7 Å². The van der Waals surface area contributed by atoms with Gasteiger partial charge in [-0.15, -0.1) is 0 Å². The van der Waals surface area contributed by atoms with E-state index in [2.05, 4.69) is 17.5 Å². The number of benzene rings is 3. The number of aromatic hydroxyl groups is 1. The lowest BCUT2D eigenvalue weighted by atomic mass is 9.98. The summed E-state index contributed by atoms with van der Waals surface area (Å²) in [5.41, 5.74) is 10.2. The van der Waals surface area contributed by atoms with Crippen LogP contribution in [0.3, 0.4) is 0 Å². The van der Waals surface area contributed by atoms with Crippen molar-refractivity contribution in [2.45, 2.75) is 26.2 Å². The highest BCUT2D eigenvalue weighted by atomic mass is 35.5. The molecule has 3 aromatic carbocycles. The SMILES string of the molecule is CCCCN(CCN)C(=O)Cc1ccc(/C=N/NC(=O)c2ccc(O)c(Cl)c2)c2ccccc12.